The molecular weight excluding hydrogens is 256 g/mol. The van der Waals surface area contributed by atoms with E-state index in [1.165, 1.54) is 36.8 Å². The van der Waals surface area contributed by atoms with Crippen molar-refractivity contribution in [3.05, 3.63) is 35.4 Å². The fourth-order valence-corrected chi connectivity index (χ4v) is 5.22. The van der Waals surface area contributed by atoms with Crippen LogP contribution in [0.5, 0.6) is 5.75 Å². The van der Waals surface area contributed by atoms with Crippen LogP contribution in [0, 0.1) is 11.3 Å². The van der Waals surface area contributed by atoms with Crippen LogP contribution in [0.4, 0.5) is 0 Å². The lowest BCUT2D eigenvalue weighted by atomic mass is 9.50. The molecule has 1 aromatic rings. The van der Waals surface area contributed by atoms with Crippen molar-refractivity contribution in [2.75, 3.05) is 0 Å². The number of rotatable bonds is 1. The van der Waals surface area contributed by atoms with E-state index in [0.717, 1.165) is 17.6 Å². The quantitative estimate of drug-likeness (QED) is 0.726. The SMILES string of the molecule is C=C(C)c1cc(O)c2c(c1)CCC1C(C)(C)CCCC21C. The number of phenolic OH excluding ortho intramolecular Hbond substituents is 1. The highest BCUT2D eigenvalue weighted by atomic mass is 16.3. The molecule has 1 N–H and O–H groups in total. The minimum Gasteiger partial charge on any atom is -0.508 e. The van der Waals surface area contributed by atoms with Gasteiger partial charge in [-0.25, -0.2) is 0 Å². The first-order chi connectivity index (χ1) is 9.75. The van der Waals surface area contributed by atoms with Gasteiger partial charge in [-0.1, -0.05) is 45.4 Å². The first kappa shape index (κ1) is 14.7. The van der Waals surface area contributed by atoms with Crippen LogP contribution in [0.25, 0.3) is 5.57 Å². The van der Waals surface area contributed by atoms with Crippen LogP contribution in [0.2, 0.25) is 0 Å². The van der Waals surface area contributed by atoms with Crippen LogP contribution in [-0.4, -0.2) is 5.11 Å². The van der Waals surface area contributed by atoms with E-state index in [2.05, 4.69) is 33.4 Å². The second-order valence-electron chi connectivity index (χ2n) is 8.16. The summed E-state index contributed by atoms with van der Waals surface area (Å²) in [6.07, 6.45) is 6.12. The number of benzene rings is 1. The Morgan fingerprint density at radius 1 is 1.24 bits per heavy atom. The maximum absolute atomic E-state index is 10.7. The summed E-state index contributed by atoms with van der Waals surface area (Å²) in [4.78, 5) is 0. The molecule has 0 amide bonds. The third kappa shape index (κ3) is 2.13. The molecule has 0 radical (unpaired) electrons. The normalized spacial score (nSPS) is 30.4. The Kier molecular flexibility index (Phi) is 3.24. The molecule has 2 atom stereocenters. The molecule has 1 saturated carbocycles. The molecule has 0 aromatic heterocycles. The van der Waals surface area contributed by atoms with Crippen LogP contribution in [0.1, 0.15) is 70.1 Å². The first-order valence-corrected chi connectivity index (χ1v) is 8.28. The van der Waals surface area contributed by atoms with Gasteiger partial charge in [0.15, 0.2) is 0 Å². The molecule has 2 aliphatic carbocycles. The molecule has 1 nitrogen and oxygen atoms in total. The molecule has 0 spiro atoms. The van der Waals surface area contributed by atoms with Crippen LogP contribution in [0.15, 0.2) is 18.7 Å². The van der Waals surface area contributed by atoms with E-state index in [0.29, 0.717) is 17.1 Å². The maximum atomic E-state index is 10.7. The standard InChI is InChI=1S/C20H28O/c1-13(2)15-11-14-7-8-17-19(3,4)9-6-10-20(17,5)18(14)16(21)12-15/h11-12,17,21H,1,6-10H2,2-5H3. The van der Waals surface area contributed by atoms with Gasteiger partial charge in [0.2, 0.25) is 0 Å². The van der Waals surface area contributed by atoms with E-state index in [4.69, 9.17) is 0 Å². The average Bonchev–Trinajstić information content (AvgIpc) is 2.36. The van der Waals surface area contributed by atoms with Crippen molar-refractivity contribution in [2.45, 2.75) is 65.2 Å². The molecular formula is C20H28O. The summed E-state index contributed by atoms with van der Waals surface area (Å²) in [5.74, 6) is 1.17. The second kappa shape index (κ2) is 4.63. The predicted octanol–water partition coefficient (Wildman–Crippen LogP) is 5.46. The predicted molar refractivity (Wildman–Crippen MR) is 89.6 cm³/mol. The van der Waals surface area contributed by atoms with E-state index in [1.807, 2.05) is 13.0 Å². The minimum atomic E-state index is 0.132. The number of hydrogen-bond donors (Lipinski definition) is 1. The Morgan fingerprint density at radius 2 is 1.95 bits per heavy atom. The summed E-state index contributed by atoms with van der Waals surface area (Å²) in [5.41, 5.74) is 5.21. The monoisotopic (exact) mass is 284 g/mol. The highest BCUT2D eigenvalue weighted by Crippen LogP contribution is 2.58. The molecule has 1 heteroatoms. The van der Waals surface area contributed by atoms with E-state index >= 15 is 0 Å². The van der Waals surface area contributed by atoms with Gasteiger partial charge >= 0.3 is 0 Å². The van der Waals surface area contributed by atoms with Crippen LogP contribution >= 0.6 is 0 Å². The highest BCUT2D eigenvalue weighted by molar-refractivity contribution is 5.66. The summed E-state index contributed by atoms with van der Waals surface area (Å²) in [5, 5.41) is 10.7. The number of aromatic hydroxyl groups is 1. The van der Waals surface area contributed by atoms with Crippen LogP contribution < -0.4 is 0 Å². The first-order valence-electron chi connectivity index (χ1n) is 8.28. The van der Waals surface area contributed by atoms with Crippen molar-refractivity contribution in [3.63, 3.8) is 0 Å². The van der Waals surface area contributed by atoms with Gasteiger partial charge in [0.05, 0.1) is 0 Å². The zero-order valence-electron chi connectivity index (χ0n) is 13.9. The molecule has 0 bridgehead atoms. The van der Waals surface area contributed by atoms with Crippen molar-refractivity contribution in [3.8, 4) is 5.75 Å². The van der Waals surface area contributed by atoms with Crippen molar-refractivity contribution in [1.29, 1.82) is 0 Å². The van der Waals surface area contributed by atoms with E-state index in [-0.39, 0.29) is 5.41 Å². The summed E-state index contributed by atoms with van der Waals surface area (Å²) in [6.45, 7) is 13.3. The van der Waals surface area contributed by atoms with Gasteiger partial charge in [0.1, 0.15) is 5.75 Å². The van der Waals surface area contributed by atoms with Crippen molar-refractivity contribution < 1.29 is 5.11 Å². The van der Waals surface area contributed by atoms with Gasteiger partial charge in [0, 0.05) is 5.56 Å². The van der Waals surface area contributed by atoms with Crippen molar-refractivity contribution >= 4 is 5.57 Å². The van der Waals surface area contributed by atoms with Crippen molar-refractivity contribution in [2.24, 2.45) is 11.3 Å². The largest absolute Gasteiger partial charge is 0.508 e. The molecule has 0 saturated heterocycles. The van der Waals surface area contributed by atoms with Gasteiger partial charge in [-0.2, -0.15) is 0 Å². The summed E-state index contributed by atoms with van der Waals surface area (Å²) < 4.78 is 0. The number of aryl methyl sites for hydroxylation is 1. The van der Waals surface area contributed by atoms with Gasteiger partial charge < -0.3 is 5.11 Å². The van der Waals surface area contributed by atoms with Gasteiger partial charge in [-0.05, 0) is 66.5 Å². The fraction of sp³-hybridized carbons (Fsp3) is 0.600. The number of fused-ring (bicyclic) bond motifs is 3. The number of phenols is 1. The summed E-state index contributed by atoms with van der Waals surface area (Å²) >= 11 is 0. The number of allylic oxidation sites excluding steroid dienone is 1. The lowest BCUT2D eigenvalue weighted by molar-refractivity contribution is 0.0392. The van der Waals surface area contributed by atoms with E-state index in [1.54, 1.807) is 0 Å². The molecule has 2 unspecified atom stereocenters. The number of hydrogen-bond acceptors (Lipinski definition) is 1. The fourth-order valence-electron chi connectivity index (χ4n) is 5.22. The van der Waals surface area contributed by atoms with E-state index < -0.39 is 0 Å². The molecule has 1 aromatic carbocycles. The molecule has 3 rings (SSSR count). The Bertz CT molecular complexity index is 596. The Morgan fingerprint density at radius 3 is 2.62 bits per heavy atom. The Balaban J connectivity index is 2.16. The minimum absolute atomic E-state index is 0.132. The topological polar surface area (TPSA) is 20.2 Å². The third-order valence-electron chi connectivity index (χ3n) is 6.20. The molecule has 2 aliphatic rings. The van der Waals surface area contributed by atoms with Gasteiger partial charge in [-0.15, -0.1) is 0 Å². The second-order valence-corrected chi connectivity index (χ2v) is 8.16. The average molecular weight is 284 g/mol. The lowest BCUT2D eigenvalue weighted by Crippen LogP contribution is -2.47. The van der Waals surface area contributed by atoms with E-state index in [9.17, 15) is 5.11 Å². The summed E-state index contributed by atoms with van der Waals surface area (Å²) in [7, 11) is 0. The Labute approximate surface area is 129 Å². The lowest BCUT2D eigenvalue weighted by Gasteiger charge is -2.54. The zero-order chi connectivity index (χ0) is 15.4. The maximum Gasteiger partial charge on any atom is 0.120 e. The van der Waals surface area contributed by atoms with Crippen LogP contribution in [-0.2, 0) is 11.8 Å². The zero-order valence-corrected chi connectivity index (χ0v) is 13.9. The molecule has 114 valence electrons. The molecule has 1 fully saturated rings. The molecule has 0 heterocycles. The van der Waals surface area contributed by atoms with Gasteiger partial charge in [-0.3, -0.25) is 0 Å². The molecule has 0 aliphatic heterocycles. The molecule has 21 heavy (non-hydrogen) atoms. The Hall–Kier alpha value is -1.24. The smallest absolute Gasteiger partial charge is 0.120 e. The van der Waals surface area contributed by atoms with Gasteiger partial charge in [0.25, 0.3) is 0 Å². The van der Waals surface area contributed by atoms with Crippen LogP contribution in [0.3, 0.4) is 0 Å². The van der Waals surface area contributed by atoms with Crippen molar-refractivity contribution in [1.82, 2.24) is 0 Å². The third-order valence-corrected chi connectivity index (χ3v) is 6.20. The highest BCUT2D eigenvalue weighted by Gasteiger charge is 2.50. The summed E-state index contributed by atoms with van der Waals surface area (Å²) in [6, 6.07) is 4.19.